The van der Waals surface area contributed by atoms with Crippen molar-refractivity contribution < 1.29 is 4.79 Å². The van der Waals surface area contributed by atoms with Crippen molar-refractivity contribution in [2.24, 2.45) is 0 Å². The van der Waals surface area contributed by atoms with Crippen LogP contribution in [-0.2, 0) is 6.42 Å². The SMILES string of the molecule is CCc1ccc(C(=O)Nc2cc(Cl)c(Cl)cc2Cl)cc1. The molecule has 2 nitrogen and oxygen atoms in total. The van der Waals surface area contributed by atoms with E-state index >= 15 is 0 Å². The minimum absolute atomic E-state index is 0.243. The van der Waals surface area contributed by atoms with Crippen molar-refractivity contribution in [1.82, 2.24) is 0 Å². The molecule has 0 fully saturated rings. The third kappa shape index (κ3) is 3.45. The summed E-state index contributed by atoms with van der Waals surface area (Å²) < 4.78 is 0. The standard InChI is InChI=1S/C15H12Cl3NO/c1-2-9-3-5-10(6-4-9)15(20)19-14-8-12(17)11(16)7-13(14)18/h3-8H,2H2,1H3,(H,19,20). The predicted molar refractivity (Wildman–Crippen MR) is 85.2 cm³/mol. The molecule has 20 heavy (non-hydrogen) atoms. The van der Waals surface area contributed by atoms with Gasteiger partial charge in [-0.3, -0.25) is 4.79 Å². The van der Waals surface area contributed by atoms with Crippen molar-refractivity contribution in [1.29, 1.82) is 0 Å². The summed E-state index contributed by atoms with van der Waals surface area (Å²) in [6.07, 6.45) is 0.931. The summed E-state index contributed by atoms with van der Waals surface area (Å²) in [4.78, 5) is 12.1. The van der Waals surface area contributed by atoms with Gasteiger partial charge in [-0.15, -0.1) is 0 Å². The van der Waals surface area contributed by atoms with Crippen molar-refractivity contribution in [3.05, 3.63) is 62.6 Å². The van der Waals surface area contributed by atoms with Crippen molar-refractivity contribution in [2.45, 2.75) is 13.3 Å². The molecule has 0 unspecified atom stereocenters. The van der Waals surface area contributed by atoms with Gasteiger partial charge >= 0.3 is 0 Å². The van der Waals surface area contributed by atoms with E-state index in [2.05, 4.69) is 12.2 Å². The molecule has 2 rings (SSSR count). The first-order valence-electron chi connectivity index (χ1n) is 6.06. The van der Waals surface area contributed by atoms with Crippen LogP contribution in [0.3, 0.4) is 0 Å². The van der Waals surface area contributed by atoms with Gasteiger partial charge in [0.2, 0.25) is 0 Å². The summed E-state index contributed by atoms with van der Waals surface area (Å²) in [5.74, 6) is -0.243. The van der Waals surface area contributed by atoms with Gasteiger partial charge in [0.1, 0.15) is 0 Å². The van der Waals surface area contributed by atoms with Crippen LogP contribution in [0.25, 0.3) is 0 Å². The van der Waals surface area contributed by atoms with Crippen LogP contribution in [0.2, 0.25) is 15.1 Å². The van der Waals surface area contributed by atoms with Gasteiger partial charge in [-0.05, 0) is 36.2 Å². The molecule has 0 saturated carbocycles. The Balaban J connectivity index is 2.20. The molecule has 5 heteroatoms. The Hall–Kier alpha value is -1.22. The Morgan fingerprint density at radius 2 is 1.60 bits per heavy atom. The Morgan fingerprint density at radius 3 is 2.20 bits per heavy atom. The first-order chi connectivity index (χ1) is 9.51. The maximum absolute atomic E-state index is 12.1. The summed E-state index contributed by atoms with van der Waals surface area (Å²) in [6, 6.07) is 10.4. The summed E-state index contributed by atoms with van der Waals surface area (Å²) in [5, 5.41) is 3.75. The first kappa shape index (κ1) is 15.2. The number of hydrogen-bond donors (Lipinski definition) is 1. The van der Waals surface area contributed by atoms with Crippen LogP contribution in [-0.4, -0.2) is 5.91 Å². The van der Waals surface area contributed by atoms with Gasteiger partial charge in [0.15, 0.2) is 0 Å². The number of carbonyl (C=O) groups excluding carboxylic acids is 1. The number of hydrogen-bond acceptors (Lipinski definition) is 1. The van der Waals surface area contributed by atoms with Gasteiger partial charge < -0.3 is 5.32 Å². The van der Waals surface area contributed by atoms with E-state index in [9.17, 15) is 4.79 Å². The first-order valence-corrected chi connectivity index (χ1v) is 7.19. The molecule has 1 amide bonds. The Morgan fingerprint density at radius 1 is 1.00 bits per heavy atom. The number of anilines is 1. The van der Waals surface area contributed by atoms with Crippen molar-refractivity contribution in [3.8, 4) is 0 Å². The lowest BCUT2D eigenvalue weighted by molar-refractivity contribution is 0.102. The molecule has 0 atom stereocenters. The fourth-order valence-electron chi connectivity index (χ4n) is 1.70. The third-order valence-corrected chi connectivity index (χ3v) is 3.92. The van der Waals surface area contributed by atoms with Crippen LogP contribution in [0.1, 0.15) is 22.8 Å². The molecular formula is C15H12Cl3NO. The smallest absolute Gasteiger partial charge is 0.255 e. The monoisotopic (exact) mass is 327 g/mol. The second kappa shape index (κ2) is 6.49. The van der Waals surface area contributed by atoms with Crippen LogP contribution < -0.4 is 5.32 Å². The average molecular weight is 329 g/mol. The van der Waals surface area contributed by atoms with Crippen LogP contribution in [0.15, 0.2) is 36.4 Å². The van der Waals surface area contributed by atoms with E-state index in [1.54, 1.807) is 12.1 Å². The van der Waals surface area contributed by atoms with Gasteiger partial charge in [-0.1, -0.05) is 53.9 Å². The van der Waals surface area contributed by atoms with E-state index in [4.69, 9.17) is 34.8 Å². The Bertz CT molecular complexity index is 638. The average Bonchev–Trinajstić information content (AvgIpc) is 2.44. The molecule has 0 aliphatic heterocycles. The number of halogens is 3. The molecule has 2 aromatic rings. The largest absolute Gasteiger partial charge is 0.321 e. The quantitative estimate of drug-likeness (QED) is 0.745. The molecule has 0 saturated heterocycles. The fourth-order valence-corrected chi connectivity index (χ4v) is 2.30. The topological polar surface area (TPSA) is 29.1 Å². The molecule has 0 spiro atoms. The second-order valence-corrected chi connectivity index (χ2v) is 5.47. The zero-order valence-electron chi connectivity index (χ0n) is 10.7. The number of amides is 1. The lowest BCUT2D eigenvalue weighted by Gasteiger charge is -2.09. The molecular weight excluding hydrogens is 317 g/mol. The highest BCUT2D eigenvalue weighted by molar-refractivity contribution is 6.44. The molecule has 0 radical (unpaired) electrons. The number of benzene rings is 2. The maximum Gasteiger partial charge on any atom is 0.255 e. The Kier molecular flexibility index (Phi) is 4.92. The highest BCUT2D eigenvalue weighted by Gasteiger charge is 2.11. The number of carbonyl (C=O) groups is 1. The summed E-state index contributed by atoms with van der Waals surface area (Å²) in [5.41, 5.74) is 2.17. The molecule has 0 aromatic heterocycles. The number of aryl methyl sites for hydroxylation is 1. The van der Waals surface area contributed by atoms with E-state index in [0.717, 1.165) is 6.42 Å². The van der Waals surface area contributed by atoms with E-state index in [1.165, 1.54) is 17.7 Å². The van der Waals surface area contributed by atoms with Crippen LogP contribution in [0.5, 0.6) is 0 Å². The lowest BCUT2D eigenvalue weighted by Crippen LogP contribution is -2.12. The van der Waals surface area contributed by atoms with Crippen molar-refractivity contribution >= 4 is 46.4 Å². The number of nitrogens with one attached hydrogen (secondary N) is 1. The summed E-state index contributed by atoms with van der Waals surface area (Å²) >= 11 is 17.8. The lowest BCUT2D eigenvalue weighted by atomic mass is 10.1. The highest BCUT2D eigenvalue weighted by Crippen LogP contribution is 2.32. The van der Waals surface area contributed by atoms with E-state index in [1.807, 2.05) is 12.1 Å². The molecule has 0 heterocycles. The highest BCUT2D eigenvalue weighted by atomic mass is 35.5. The zero-order chi connectivity index (χ0) is 14.7. The molecule has 0 aliphatic carbocycles. The fraction of sp³-hybridized carbons (Fsp3) is 0.133. The van der Waals surface area contributed by atoms with E-state index < -0.39 is 0 Å². The third-order valence-electron chi connectivity index (χ3n) is 2.88. The predicted octanol–water partition coefficient (Wildman–Crippen LogP) is 5.46. The van der Waals surface area contributed by atoms with Gasteiger partial charge in [0.05, 0.1) is 20.8 Å². The van der Waals surface area contributed by atoms with Crippen LogP contribution in [0, 0.1) is 0 Å². The van der Waals surface area contributed by atoms with E-state index in [0.29, 0.717) is 26.3 Å². The summed E-state index contributed by atoms with van der Waals surface area (Å²) in [7, 11) is 0. The number of rotatable bonds is 3. The minimum atomic E-state index is -0.243. The van der Waals surface area contributed by atoms with Crippen LogP contribution >= 0.6 is 34.8 Å². The maximum atomic E-state index is 12.1. The normalized spacial score (nSPS) is 10.4. The van der Waals surface area contributed by atoms with Gasteiger partial charge in [0.25, 0.3) is 5.91 Å². The van der Waals surface area contributed by atoms with Crippen molar-refractivity contribution in [2.75, 3.05) is 5.32 Å². The Labute approximate surface area is 132 Å². The van der Waals surface area contributed by atoms with E-state index in [-0.39, 0.29) is 5.91 Å². The molecule has 0 aliphatic rings. The molecule has 1 N–H and O–H groups in total. The second-order valence-electron chi connectivity index (χ2n) is 4.25. The minimum Gasteiger partial charge on any atom is -0.321 e. The van der Waals surface area contributed by atoms with Crippen LogP contribution in [0.4, 0.5) is 5.69 Å². The molecule has 104 valence electrons. The van der Waals surface area contributed by atoms with Gasteiger partial charge in [-0.2, -0.15) is 0 Å². The van der Waals surface area contributed by atoms with Crippen molar-refractivity contribution in [3.63, 3.8) is 0 Å². The zero-order valence-corrected chi connectivity index (χ0v) is 13.0. The molecule has 0 bridgehead atoms. The summed E-state index contributed by atoms with van der Waals surface area (Å²) in [6.45, 7) is 2.06. The van der Waals surface area contributed by atoms with Gasteiger partial charge in [-0.25, -0.2) is 0 Å². The molecule has 2 aromatic carbocycles. The van der Waals surface area contributed by atoms with Gasteiger partial charge in [0, 0.05) is 5.56 Å².